The third-order valence-corrected chi connectivity index (χ3v) is 4.69. The molecule has 1 aliphatic heterocycles. The summed E-state index contributed by atoms with van der Waals surface area (Å²) < 4.78 is 6.07. The second kappa shape index (κ2) is 5.46. The Labute approximate surface area is 115 Å². The predicted molar refractivity (Wildman–Crippen MR) is 75.3 cm³/mol. The monoisotopic (exact) mass is 258 g/mol. The number of benzene rings is 1. The van der Waals surface area contributed by atoms with Gasteiger partial charge in [0.2, 0.25) is 0 Å². The molecule has 1 aromatic rings. The van der Waals surface area contributed by atoms with E-state index >= 15 is 0 Å². The van der Waals surface area contributed by atoms with Crippen LogP contribution in [0.5, 0.6) is 0 Å². The molecule has 1 aliphatic carbocycles. The molecule has 1 saturated heterocycles. The predicted octanol–water partition coefficient (Wildman–Crippen LogP) is 4.00. The van der Waals surface area contributed by atoms with Crippen molar-refractivity contribution in [2.45, 2.75) is 50.5 Å². The van der Waals surface area contributed by atoms with Crippen molar-refractivity contribution in [3.63, 3.8) is 0 Å². The summed E-state index contributed by atoms with van der Waals surface area (Å²) in [6.45, 7) is 0.753. The normalized spacial score (nSPS) is 26.2. The minimum Gasteiger partial charge on any atom is -0.375 e. The van der Waals surface area contributed by atoms with Gasteiger partial charge in [-0.1, -0.05) is 49.6 Å². The van der Waals surface area contributed by atoms with Crippen LogP contribution in [-0.4, -0.2) is 18.0 Å². The van der Waals surface area contributed by atoms with Gasteiger partial charge in [-0.25, -0.2) is 0 Å². The number of rotatable bonds is 2. The summed E-state index contributed by atoms with van der Waals surface area (Å²) in [6, 6.07) is 9.73. The van der Waals surface area contributed by atoms with Gasteiger partial charge in [0.25, 0.3) is 0 Å². The van der Waals surface area contributed by atoms with Crippen molar-refractivity contribution in [2.75, 3.05) is 6.61 Å². The second-order valence-electron chi connectivity index (χ2n) is 6.01. The van der Waals surface area contributed by atoms with E-state index in [1.807, 2.05) is 30.3 Å². The third kappa shape index (κ3) is 2.74. The van der Waals surface area contributed by atoms with Crippen molar-refractivity contribution in [3.8, 4) is 0 Å². The molecule has 2 aliphatic rings. The number of ketones is 1. The van der Waals surface area contributed by atoms with Crippen molar-refractivity contribution in [3.05, 3.63) is 35.9 Å². The van der Waals surface area contributed by atoms with E-state index < -0.39 is 0 Å². The standard InChI is InChI=1S/C17H22O2/c18-16(14-7-3-1-4-8-14)15-9-12-19-17(13-15)10-5-2-6-11-17/h1,3-4,7-8,15H,2,5-6,9-13H2. The van der Waals surface area contributed by atoms with E-state index in [2.05, 4.69) is 0 Å². The first kappa shape index (κ1) is 12.9. The summed E-state index contributed by atoms with van der Waals surface area (Å²) in [4.78, 5) is 12.6. The van der Waals surface area contributed by atoms with Crippen LogP contribution in [0.4, 0.5) is 0 Å². The zero-order valence-electron chi connectivity index (χ0n) is 11.4. The van der Waals surface area contributed by atoms with E-state index in [0.29, 0.717) is 5.78 Å². The number of ether oxygens (including phenoxy) is 1. The molecular weight excluding hydrogens is 236 g/mol. The minimum absolute atomic E-state index is 0.0195. The lowest BCUT2D eigenvalue weighted by Crippen LogP contribution is -2.43. The summed E-state index contributed by atoms with van der Waals surface area (Å²) >= 11 is 0. The fourth-order valence-electron chi connectivity index (χ4n) is 3.63. The molecule has 0 radical (unpaired) electrons. The van der Waals surface area contributed by atoms with Gasteiger partial charge >= 0.3 is 0 Å². The Bertz CT molecular complexity index is 426. The molecule has 0 amide bonds. The van der Waals surface area contributed by atoms with Gasteiger partial charge in [-0.2, -0.15) is 0 Å². The highest BCUT2D eigenvalue weighted by Gasteiger charge is 2.40. The van der Waals surface area contributed by atoms with Crippen LogP contribution in [0.3, 0.4) is 0 Å². The Morgan fingerprint density at radius 2 is 1.84 bits per heavy atom. The molecule has 102 valence electrons. The Kier molecular flexibility index (Phi) is 3.69. The molecule has 1 atom stereocenters. The smallest absolute Gasteiger partial charge is 0.166 e. The molecule has 2 heteroatoms. The van der Waals surface area contributed by atoms with E-state index in [-0.39, 0.29) is 11.5 Å². The second-order valence-corrected chi connectivity index (χ2v) is 6.01. The zero-order chi connectivity index (χ0) is 13.1. The number of Topliss-reactive ketones (excluding diaryl/α,β-unsaturated/α-hetero) is 1. The van der Waals surface area contributed by atoms with Crippen molar-refractivity contribution < 1.29 is 9.53 Å². The van der Waals surface area contributed by atoms with Gasteiger partial charge in [0.1, 0.15) is 0 Å². The van der Waals surface area contributed by atoms with Crippen LogP contribution in [0.1, 0.15) is 55.3 Å². The lowest BCUT2D eigenvalue weighted by Gasteiger charge is -2.43. The van der Waals surface area contributed by atoms with Crippen molar-refractivity contribution in [2.24, 2.45) is 5.92 Å². The highest BCUT2D eigenvalue weighted by Crippen LogP contribution is 2.41. The lowest BCUT2D eigenvalue weighted by atomic mass is 9.74. The molecule has 2 fully saturated rings. The molecule has 1 heterocycles. The van der Waals surface area contributed by atoms with Crippen LogP contribution >= 0.6 is 0 Å². The maximum absolute atomic E-state index is 12.6. The van der Waals surface area contributed by atoms with Crippen LogP contribution < -0.4 is 0 Å². The maximum atomic E-state index is 12.6. The van der Waals surface area contributed by atoms with E-state index in [4.69, 9.17) is 4.74 Å². The maximum Gasteiger partial charge on any atom is 0.166 e. The molecule has 1 spiro atoms. The fourth-order valence-corrected chi connectivity index (χ4v) is 3.63. The van der Waals surface area contributed by atoms with Crippen molar-refractivity contribution >= 4 is 5.78 Å². The van der Waals surface area contributed by atoms with Gasteiger partial charge in [-0.05, 0) is 25.7 Å². The minimum atomic E-state index is 0.0195. The summed E-state index contributed by atoms with van der Waals surface area (Å²) in [5, 5.41) is 0. The largest absolute Gasteiger partial charge is 0.375 e. The lowest BCUT2D eigenvalue weighted by molar-refractivity contribution is -0.111. The summed E-state index contributed by atoms with van der Waals surface area (Å²) in [5.74, 6) is 0.475. The summed E-state index contributed by atoms with van der Waals surface area (Å²) in [5.41, 5.74) is 0.881. The summed E-state index contributed by atoms with van der Waals surface area (Å²) in [6.07, 6.45) is 7.94. The van der Waals surface area contributed by atoms with E-state index in [0.717, 1.165) is 37.9 Å². The van der Waals surface area contributed by atoms with Crippen LogP contribution in [-0.2, 0) is 4.74 Å². The van der Waals surface area contributed by atoms with E-state index in [9.17, 15) is 4.79 Å². The van der Waals surface area contributed by atoms with E-state index in [1.54, 1.807) is 0 Å². The van der Waals surface area contributed by atoms with Gasteiger partial charge in [0, 0.05) is 18.1 Å². The molecule has 2 nitrogen and oxygen atoms in total. The van der Waals surface area contributed by atoms with Crippen LogP contribution in [0.2, 0.25) is 0 Å². The highest BCUT2D eigenvalue weighted by atomic mass is 16.5. The highest BCUT2D eigenvalue weighted by molar-refractivity contribution is 5.97. The average molecular weight is 258 g/mol. The van der Waals surface area contributed by atoms with E-state index in [1.165, 1.54) is 19.3 Å². The van der Waals surface area contributed by atoms with Gasteiger partial charge in [0.05, 0.1) is 5.60 Å². The first-order valence-electron chi connectivity index (χ1n) is 7.52. The van der Waals surface area contributed by atoms with Crippen LogP contribution in [0.25, 0.3) is 0 Å². The fraction of sp³-hybridized carbons (Fsp3) is 0.588. The molecule has 0 N–H and O–H groups in total. The third-order valence-electron chi connectivity index (χ3n) is 4.69. The number of carbonyl (C=O) groups is 1. The average Bonchev–Trinajstić information content (AvgIpc) is 2.48. The van der Waals surface area contributed by atoms with Gasteiger partial charge < -0.3 is 4.74 Å². The SMILES string of the molecule is O=C(c1ccccc1)C1CCOC2(CCCCC2)C1. The molecule has 1 aromatic carbocycles. The Balaban J connectivity index is 1.73. The van der Waals surface area contributed by atoms with Gasteiger partial charge in [0.15, 0.2) is 5.78 Å². The van der Waals surface area contributed by atoms with Crippen molar-refractivity contribution in [1.29, 1.82) is 0 Å². The topological polar surface area (TPSA) is 26.3 Å². The molecular formula is C17H22O2. The zero-order valence-corrected chi connectivity index (χ0v) is 11.4. The molecule has 1 saturated carbocycles. The summed E-state index contributed by atoms with van der Waals surface area (Å²) in [7, 11) is 0. The number of carbonyl (C=O) groups excluding carboxylic acids is 1. The van der Waals surface area contributed by atoms with Gasteiger partial charge in [-0.15, -0.1) is 0 Å². The first-order valence-corrected chi connectivity index (χ1v) is 7.52. The number of hydrogen-bond donors (Lipinski definition) is 0. The van der Waals surface area contributed by atoms with Crippen molar-refractivity contribution in [1.82, 2.24) is 0 Å². The first-order chi connectivity index (χ1) is 9.29. The molecule has 19 heavy (non-hydrogen) atoms. The Morgan fingerprint density at radius 1 is 1.11 bits per heavy atom. The molecule has 1 unspecified atom stereocenters. The quantitative estimate of drug-likeness (QED) is 0.749. The molecule has 3 rings (SSSR count). The van der Waals surface area contributed by atoms with Crippen LogP contribution in [0.15, 0.2) is 30.3 Å². The van der Waals surface area contributed by atoms with Crippen LogP contribution in [0, 0.1) is 5.92 Å². The molecule has 0 aromatic heterocycles. The number of hydrogen-bond acceptors (Lipinski definition) is 2. The Morgan fingerprint density at radius 3 is 2.58 bits per heavy atom. The van der Waals surface area contributed by atoms with Gasteiger partial charge in [-0.3, -0.25) is 4.79 Å². The molecule has 0 bridgehead atoms. The Hall–Kier alpha value is -1.15.